The zero-order valence-electron chi connectivity index (χ0n) is 17.3. The molecule has 1 saturated heterocycles. The van der Waals surface area contributed by atoms with E-state index in [0.29, 0.717) is 5.69 Å². The highest BCUT2D eigenvalue weighted by molar-refractivity contribution is 7.89. The molecule has 2 aromatic rings. The normalized spacial score (nSPS) is 17.2. The number of aryl methyl sites for hydroxylation is 1. The highest BCUT2D eigenvalue weighted by atomic mass is 35.5. The molecule has 0 spiro atoms. The van der Waals surface area contributed by atoms with Gasteiger partial charge in [-0.15, -0.1) is 0 Å². The van der Waals surface area contributed by atoms with E-state index >= 15 is 0 Å². The summed E-state index contributed by atoms with van der Waals surface area (Å²) >= 11 is 5.77. The van der Waals surface area contributed by atoms with E-state index in [0.717, 1.165) is 4.68 Å². The van der Waals surface area contributed by atoms with Crippen molar-refractivity contribution < 1.29 is 26.4 Å². The Morgan fingerprint density at radius 2 is 1.74 bits per heavy atom. The van der Waals surface area contributed by atoms with Crippen LogP contribution >= 0.6 is 11.6 Å². The molecule has 9 nitrogen and oxygen atoms in total. The molecule has 0 bridgehead atoms. The lowest BCUT2D eigenvalue weighted by Crippen LogP contribution is -2.52. The van der Waals surface area contributed by atoms with Crippen LogP contribution in [0, 0.1) is 13.8 Å². The minimum absolute atomic E-state index is 0.0307. The predicted octanol–water partition coefficient (Wildman–Crippen LogP) is 2.00. The average Bonchev–Trinajstić information content (AvgIpc) is 3.20. The second-order valence-electron chi connectivity index (χ2n) is 7.31. The molecule has 172 valence electrons. The standard InChI is InChI=1S/C17H22ClF3N6O3S/c1-10-13(9-22-24(10)4)31(29,30)26-7-5-25(6-8-26)16(28)12(3)27-11(2)14(18)15(23-27)17(19,20)21/h9,12H,5-8H2,1-4H3. The third kappa shape index (κ3) is 4.17. The van der Waals surface area contributed by atoms with Gasteiger partial charge >= 0.3 is 6.18 Å². The topological polar surface area (TPSA) is 93.3 Å². The number of alkyl halides is 3. The van der Waals surface area contributed by atoms with Crippen molar-refractivity contribution in [3.63, 3.8) is 0 Å². The van der Waals surface area contributed by atoms with Gasteiger partial charge in [-0.25, -0.2) is 8.42 Å². The molecule has 0 saturated carbocycles. The first kappa shape index (κ1) is 23.5. The monoisotopic (exact) mass is 482 g/mol. The van der Waals surface area contributed by atoms with Crippen molar-refractivity contribution >= 4 is 27.5 Å². The van der Waals surface area contributed by atoms with Crippen molar-refractivity contribution in [2.75, 3.05) is 26.2 Å². The first-order valence-corrected chi connectivity index (χ1v) is 11.2. The predicted molar refractivity (Wildman–Crippen MR) is 105 cm³/mol. The molecular weight excluding hydrogens is 461 g/mol. The van der Waals surface area contributed by atoms with Gasteiger partial charge in [0.25, 0.3) is 0 Å². The molecule has 0 radical (unpaired) electrons. The summed E-state index contributed by atoms with van der Waals surface area (Å²) in [6, 6.07) is -1.03. The Bertz CT molecular complexity index is 1100. The summed E-state index contributed by atoms with van der Waals surface area (Å²) in [5, 5.41) is 6.91. The van der Waals surface area contributed by atoms with Crippen molar-refractivity contribution in [2.45, 2.75) is 37.9 Å². The van der Waals surface area contributed by atoms with Crippen LogP contribution in [0.25, 0.3) is 0 Å². The maximum Gasteiger partial charge on any atom is 0.436 e. The number of carbonyl (C=O) groups excluding carboxylic acids is 1. The van der Waals surface area contributed by atoms with Gasteiger partial charge in [0.2, 0.25) is 15.9 Å². The Kier molecular flexibility index (Phi) is 6.15. The molecule has 0 N–H and O–H groups in total. The van der Waals surface area contributed by atoms with Crippen molar-refractivity contribution in [3.05, 3.63) is 28.3 Å². The van der Waals surface area contributed by atoms with E-state index in [4.69, 9.17) is 11.6 Å². The van der Waals surface area contributed by atoms with Crippen LogP contribution in [0.5, 0.6) is 0 Å². The lowest BCUT2D eigenvalue weighted by atomic mass is 10.2. The third-order valence-corrected chi connectivity index (χ3v) is 7.88. The van der Waals surface area contributed by atoms with Crippen LogP contribution in [-0.4, -0.2) is 69.3 Å². The maximum atomic E-state index is 13.1. The molecule has 3 heterocycles. The number of sulfonamides is 1. The number of nitrogens with zero attached hydrogens (tertiary/aromatic N) is 6. The summed E-state index contributed by atoms with van der Waals surface area (Å²) in [5.74, 6) is -0.467. The molecule has 2 aromatic heterocycles. The van der Waals surface area contributed by atoms with Crippen LogP contribution in [0.2, 0.25) is 5.02 Å². The second-order valence-corrected chi connectivity index (χ2v) is 9.60. The lowest BCUT2D eigenvalue weighted by Gasteiger charge is -2.35. The fourth-order valence-corrected chi connectivity index (χ4v) is 5.28. The van der Waals surface area contributed by atoms with Gasteiger partial charge < -0.3 is 4.90 Å². The summed E-state index contributed by atoms with van der Waals surface area (Å²) in [6.07, 6.45) is -3.45. The van der Waals surface area contributed by atoms with Gasteiger partial charge in [0.15, 0.2) is 5.69 Å². The van der Waals surface area contributed by atoms with E-state index in [1.54, 1.807) is 14.0 Å². The molecule has 14 heteroatoms. The smallest absolute Gasteiger partial charge is 0.338 e. The first-order valence-electron chi connectivity index (χ1n) is 9.36. The average molecular weight is 483 g/mol. The highest BCUT2D eigenvalue weighted by Gasteiger charge is 2.40. The Morgan fingerprint density at radius 3 is 2.19 bits per heavy atom. The van der Waals surface area contributed by atoms with Gasteiger partial charge in [-0.1, -0.05) is 11.6 Å². The Morgan fingerprint density at radius 1 is 1.16 bits per heavy atom. The summed E-state index contributed by atoms with van der Waals surface area (Å²) in [5.41, 5.74) is -0.712. The van der Waals surface area contributed by atoms with Gasteiger partial charge in [-0.3, -0.25) is 14.2 Å². The van der Waals surface area contributed by atoms with Crippen LogP contribution in [0.4, 0.5) is 13.2 Å². The summed E-state index contributed by atoms with van der Waals surface area (Å²) in [7, 11) is -2.13. The fourth-order valence-electron chi connectivity index (χ4n) is 3.45. The van der Waals surface area contributed by atoms with E-state index in [-0.39, 0.29) is 36.8 Å². The number of hydrogen-bond acceptors (Lipinski definition) is 5. The Labute approximate surface area is 182 Å². The molecule has 0 aromatic carbocycles. The first-order chi connectivity index (χ1) is 14.3. The number of carbonyl (C=O) groups is 1. The Balaban J connectivity index is 1.73. The van der Waals surface area contributed by atoms with Crippen molar-refractivity contribution in [1.82, 2.24) is 28.8 Å². The van der Waals surface area contributed by atoms with Crippen molar-refractivity contribution in [2.24, 2.45) is 7.05 Å². The van der Waals surface area contributed by atoms with E-state index in [2.05, 4.69) is 10.2 Å². The molecule has 31 heavy (non-hydrogen) atoms. The van der Waals surface area contributed by atoms with Crippen LogP contribution in [-0.2, 0) is 28.0 Å². The minimum atomic E-state index is -4.74. The molecule has 1 aliphatic heterocycles. The van der Waals surface area contributed by atoms with Gasteiger partial charge in [-0.2, -0.15) is 27.7 Å². The zero-order valence-corrected chi connectivity index (χ0v) is 18.9. The minimum Gasteiger partial charge on any atom is -0.338 e. The number of amides is 1. The molecular formula is C17H22ClF3N6O3S. The molecule has 1 fully saturated rings. The van der Waals surface area contributed by atoms with Crippen molar-refractivity contribution in [3.8, 4) is 0 Å². The quantitative estimate of drug-likeness (QED) is 0.664. The third-order valence-electron chi connectivity index (χ3n) is 5.43. The fraction of sp³-hybridized carbons (Fsp3) is 0.588. The number of halogens is 4. The summed E-state index contributed by atoms with van der Waals surface area (Å²) in [4.78, 5) is 14.4. The summed E-state index contributed by atoms with van der Waals surface area (Å²) in [6.45, 7) is 4.75. The number of piperazine rings is 1. The van der Waals surface area contributed by atoms with Crippen LogP contribution < -0.4 is 0 Å². The van der Waals surface area contributed by atoms with E-state index in [1.165, 1.54) is 33.9 Å². The molecule has 1 unspecified atom stereocenters. The van der Waals surface area contributed by atoms with Crippen LogP contribution in [0.3, 0.4) is 0 Å². The van der Waals surface area contributed by atoms with Gasteiger partial charge in [0, 0.05) is 33.2 Å². The lowest BCUT2D eigenvalue weighted by molar-refractivity contribution is -0.142. The molecule has 1 aliphatic rings. The van der Waals surface area contributed by atoms with Gasteiger partial charge in [0.1, 0.15) is 10.9 Å². The van der Waals surface area contributed by atoms with Crippen LogP contribution in [0.15, 0.2) is 11.1 Å². The number of aromatic nitrogens is 4. The van der Waals surface area contributed by atoms with E-state index < -0.39 is 38.9 Å². The van der Waals surface area contributed by atoms with Gasteiger partial charge in [-0.05, 0) is 20.8 Å². The van der Waals surface area contributed by atoms with Gasteiger partial charge in [0.05, 0.1) is 22.6 Å². The van der Waals surface area contributed by atoms with Crippen molar-refractivity contribution in [1.29, 1.82) is 0 Å². The second kappa shape index (κ2) is 8.10. The highest BCUT2D eigenvalue weighted by Crippen LogP contribution is 2.36. The number of hydrogen-bond donors (Lipinski definition) is 0. The zero-order chi connectivity index (χ0) is 23.3. The number of rotatable bonds is 4. The molecule has 1 atom stereocenters. The van der Waals surface area contributed by atoms with E-state index in [9.17, 15) is 26.4 Å². The van der Waals surface area contributed by atoms with Crippen LogP contribution in [0.1, 0.15) is 30.0 Å². The SMILES string of the molecule is Cc1c(S(=O)(=O)N2CCN(C(=O)C(C)n3nc(C(F)(F)F)c(Cl)c3C)CC2)cnn1C. The summed E-state index contributed by atoms with van der Waals surface area (Å²) < 4.78 is 68.6. The maximum absolute atomic E-state index is 13.1. The Hall–Kier alpha value is -2.12. The molecule has 3 rings (SSSR count). The molecule has 0 aliphatic carbocycles. The van der Waals surface area contributed by atoms with E-state index in [1.807, 2.05) is 0 Å². The molecule has 1 amide bonds. The largest absolute Gasteiger partial charge is 0.436 e.